The van der Waals surface area contributed by atoms with Gasteiger partial charge in [0, 0.05) is 22.8 Å². The number of nitro groups is 1. The van der Waals surface area contributed by atoms with Crippen molar-refractivity contribution in [2.45, 2.75) is 0 Å². The highest BCUT2D eigenvalue weighted by molar-refractivity contribution is 9.10. The lowest BCUT2D eigenvalue weighted by molar-refractivity contribution is -0.385. The lowest BCUT2D eigenvalue weighted by Gasteiger charge is -2.06. The van der Waals surface area contributed by atoms with Crippen LogP contribution in [0.2, 0.25) is 0 Å². The van der Waals surface area contributed by atoms with Crippen LogP contribution >= 0.6 is 15.9 Å². The van der Waals surface area contributed by atoms with E-state index in [0.717, 1.165) is 6.07 Å². The molecule has 1 aromatic carbocycles. The van der Waals surface area contributed by atoms with E-state index < -0.39 is 10.9 Å². The van der Waals surface area contributed by atoms with Gasteiger partial charge in [0.15, 0.2) is 0 Å². The average Bonchev–Trinajstić information content (AvgIpc) is 2.31. The predicted molar refractivity (Wildman–Crippen MR) is 65.1 cm³/mol. The van der Waals surface area contributed by atoms with Gasteiger partial charge in [-0.1, -0.05) is 15.9 Å². The number of nitrogens with zero attached hydrogens (tertiary/aromatic N) is 2. The smallest absolute Gasteiger partial charge is 0.312 e. The fourth-order valence-electron chi connectivity index (χ4n) is 1.29. The summed E-state index contributed by atoms with van der Waals surface area (Å²) in [6.07, 6.45) is 1.22. The molecule has 0 saturated heterocycles. The summed E-state index contributed by atoms with van der Waals surface area (Å²) in [4.78, 5) is 13.6. The SMILES string of the molecule is O=[N+]([O-])c1cc(Br)ccc1Oc1ccnc(F)c1. The zero-order valence-corrected chi connectivity index (χ0v) is 10.4. The molecule has 0 N–H and O–H groups in total. The first-order valence-electron chi connectivity index (χ1n) is 4.79. The second-order valence-electron chi connectivity index (χ2n) is 3.29. The largest absolute Gasteiger partial charge is 0.450 e. The topological polar surface area (TPSA) is 65.3 Å². The third-order valence-electron chi connectivity index (χ3n) is 2.04. The minimum Gasteiger partial charge on any atom is -0.450 e. The Morgan fingerprint density at radius 2 is 2.11 bits per heavy atom. The van der Waals surface area contributed by atoms with Gasteiger partial charge in [-0.25, -0.2) is 4.98 Å². The van der Waals surface area contributed by atoms with Crippen molar-refractivity contribution in [3.8, 4) is 11.5 Å². The molecular formula is C11H6BrFN2O3. The van der Waals surface area contributed by atoms with E-state index in [4.69, 9.17) is 4.74 Å². The molecule has 5 nitrogen and oxygen atoms in total. The first kappa shape index (κ1) is 12.4. The third kappa shape index (κ3) is 2.80. The lowest BCUT2D eigenvalue weighted by Crippen LogP contribution is -1.94. The van der Waals surface area contributed by atoms with E-state index in [1.807, 2.05) is 0 Å². The Bertz CT molecular complexity index is 607. The van der Waals surface area contributed by atoms with Gasteiger partial charge in [0.25, 0.3) is 0 Å². The number of hydrogen-bond acceptors (Lipinski definition) is 4. The van der Waals surface area contributed by atoms with Crippen molar-refractivity contribution in [3.63, 3.8) is 0 Å². The third-order valence-corrected chi connectivity index (χ3v) is 2.54. The van der Waals surface area contributed by atoms with Crippen molar-refractivity contribution in [2.24, 2.45) is 0 Å². The predicted octanol–water partition coefficient (Wildman–Crippen LogP) is 3.68. The van der Waals surface area contributed by atoms with Gasteiger partial charge in [0.05, 0.1) is 4.92 Å². The van der Waals surface area contributed by atoms with Crippen LogP contribution in [0.25, 0.3) is 0 Å². The minimum absolute atomic E-state index is 0.0359. The first-order chi connectivity index (χ1) is 8.56. The summed E-state index contributed by atoms with van der Waals surface area (Å²) in [6, 6.07) is 6.80. The normalized spacial score (nSPS) is 10.1. The number of aromatic nitrogens is 1. The lowest BCUT2D eigenvalue weighted by atomic mass is 10.3. The maximum absolute atomic E-state index is 12.9. The number of pyridine rings is 1. The summed E-state index contributed by atoms with van der Waals surface area (Å²) in [5.74, 6) is -0.533. The monoisotopic (exact) mass is 312 g/mol. The Labute approximate surface area is 110 Å². The molecule has 0 radical (unpaired) electrons. The van der Waals surface area contributed by atoms with Crippen LogP contribution in [0.1, 0.15) is 0 Å². The number of halogens is 2. The van der Waals surface area contributed by atoms with Gasteiger partial charge in [-0.15, -0.1) is 0 Å². The summed E-state index contributed by atoms with van der Waals surface area (Å²) in [7, 11) is 0. The Morgan fingerprint density at radius 3 is 2.78 bits per heavy atom. The quantitative estimate of drug-likeness (QED) is 0.492. The molecule has 0 spiro atoms. The van der Waals surface area contributed by atoms with Crippen LogP contribution < -0.4 is 4.74 Å². The van der Waals surface area contributed by atoms with Crippen molar-refractivity contribution in [1.82, 2.24) is 4.98 Å². The van der Waals surface area contributed by atoms with Gasteiger partial charge in [-0.05, 0) is 18.2 Å². The Hall–Kier alpha value is -2.02. The highest BCUT2D eigenvalue weighted by atomic mass is 79.9. The van der Waals surface area contributed by atoms with Gasteiger partial charge >= 0.3 is 5.69 Å². The molecule has 1 aromatic heterocycles. The molecule has 0 aliphatic heterocycles. The van der Waals surface area contributed by atoms with E-state index in [1.165, 1.54) is 24.4 Å². The molecule has 2 aromatic rings. The number of hydrogen-bond donors (Lipinski definition) is 0. The van der Waals surface area contributed by atoms with E-state index in [0.29, 0.717) is 4.47 Å². The maximum atomic E-state index is 12.9. The van der Waals surface area contributed by atoms with Crippen molar-refractivity contribution >= 4 is 21.6 Å². The highest BCUT2D eigenvalue weighted by Gasteiger charge is 2.16. The van der Waals surface area contributed by atoms with Crippen molar-refractivity contribution in [2.75, 3.05) is 0 Å². The molecule has 0 bridgehead atoms. The molecule has 7 heteroatoms. The summed E-state index contributed by atoms with van der Waals surface area (Å²) in [5.41, 5.74) is -0.207. The van der Waals surface area contributed by atoms with E-state index >= 15 is 0 Å². The van der Waals surface area contributed by atoms with E-state index in [2.05, 4.69) is 20.9 Å². The second kappa shape index (κ2) is 5.09. The van der Waals surface area contributed by atoms with Crippen molar-refractivity contribution in [1.29, 1.82) is 0 Å². The standard InChI is InChI=1S/C11H6BrFN2O3/c12-7-1-2-10(9(5-7)15(16)17)18-8-3-4-14-11(13)6-8/h1-6H. The fraction of sp³-hybridized carbons (Fsp3) is 0. The van der Waals surface area contributed by atoms with Crippen LogP contribution in [0.15, 0.2) is 41.0 Å². The van der Waals surface area contributed by atoms with Gasteiger partial charge < -0.3 is 4.74 Å². The average molecular weight is 313 g/mol. The second-order valence-corrected chi connectivity index (χ2v) is 4.20. The van der Waals surface area contributed by atoms with E-state index in [1.54, 1.807) is 6.07 Å². The van der Waals surface area contributed by atoms with Crippen LogP contribution in [0, 0.1) is 16.1 Å². The Morgan fingerprint density at radius 1 is 1.33 bits per heavy atom. The number of ether oxygens (including phenoxy) is 1. The molecule has 0 atom stereocenters. The highest BCUT2D eigenvalue weighted by Crippen LogP contribution is 2.33. The summed E-state index contributed by atoms with van der Waals surface area (Å²) >= 11 is 3.13. The molecule has 0 amide bonds. The molecule has 0 unspecified atom stereocenters. The zero-order valence-electron chi connectivity index (χ0n) is 8.84. The van der Waals surface area contributed by atoms with E-state index in [9.17, 15) is 14.5 Å². The maximum Gasteiger partial charge on any atom is 0.312 e. The van der Waals surface area contributed by atoms with Crippen LogP contribution in [0.4, 0.5) is 10.1 Å². The number of rotatable bonds is 3. The number of benzene rings is 1. The molecule has 0 saturated carbocycles. The van der Waals surface area contributed by atoms with Gasteiger partial charge in [-0.3, -0.25) is 10.1 Å². The van der Waals surface area contributed by atoms with Crippen molar-refractivity contribution in [3.05, 3.63) is 57.1 Å². The van der Waals surface area contributed by atoms with Gasteiger partial charge in [-0.2, -0.15) is 4.39 Å². The van der Waals surface area contributed by atoms with Gasteiger partial charge in [0.2, 0.25) is 11.7 Å². The number of nitro benzene ring substituents is 1. The Balaban J connectivity index is 2.37. The van der Waals surface area contributed by atoms with E-state index in [-0.39, 0.29) is 17.2 Å². The zero-order chi connectivity index (χ0) is 13.1. The molecule has 0 aliphatic rings. The van der Waals surface area contributed by atoms with Gasteiger partial charge in [0.1, 0.15) is 5.75 Å². The fourth-order valence-corrected chi connectivity index (χ4v) is 1.64. The molecule has 92 valence electrons. The Kier molecular flexibility index (Phi) is 3.52. The minimum atomic E-state index is -0.715. The summed E-state index contributed by atoms with van der Waals surface area (Å²) < 4.78 is 18.7. The molecular weight excluding hydrogens is 307 g/mol. The molecule has 2 rings (SSSR count). The first-order valence-corrected chi connectivity index (χ1v) is 5.59. The molecule has 18 heavy (non-hydrogen) atoms. The van der Waals surface area contributed by atoms with Crippen molar-refractivity contribution < 1.29 is 14.1 Å². The molecule has 0 fully saturated rings. The molecule has 1 heterocycles. The van der Waals surface area contributed by atoms with Crippen LogP contribution in [-0.2, 0) is 0 Å². The summed E-state index contributed by atoms with van der Waals surface area (Å²) in [6.45, 7) is 0. The van der Waals surface area contributed by atoms with Crippen LogP contribution in [0.3, 0.4) is 0 Å². The molecule has 0 aliphatic carbocycles. The van der Waals surface area contributed by atoms with Crippen LogP contribution in [0.5, 0.6) is 11.5 Å². The summed E-state index contributed by atoms with van der Waals surface area (Å²) in [5, 5.41) is 10.8. The van der Waals surface area contributed by atoms with Crippen LogP contribution in [-0.4, -0.2) is 9.91 Å².